The second kappa shape index (κ2) is 6.20. The highest BCUT2D eigenvalue weighted by atomic mass is 19.1. The van der Waals surface area contributed by atoms with Gasteiger partial charge in [-0.3, -0.25) is 9.59 Å². The molecule has 1 heterocycles. The Bertz CT molecular complexity index is 726. The van der Waals surface area contributed by atoms with Crippen molar-refractivity contribution in [1.82, 2.24) is 0 Å². The standard InChI is InChI=1S/C18H17FN2O2/c1-12-2-6-15(7-3-12)20-18(23)13-10-17(22)21(11-13)16-8-4-14(19)5-9-16/h2-9,13H,10-11H2,1H3,(H,20,23)/t13-/m0/s1. The summed E-state index contributed by atoms with van der Waals surface area (Å²) in [7, 11) is 0. The summed E-state index contributed by atoms with van der Waals surface area (Å²) in [6, 6.07) is 13.2. The van der Waals surface area contributed by atoms with Crippen molar-refractivity contribution in [2.45, 2.75) is 13.3 Å². The first-order valence-electron chi connectivity index (χ1n) is 7.46. The molecule has 0 aliphatic carbocycles. The number of halogens is 1. The van der Waals surface area contributed by atoms with Gasteiger partial charge in [0.05, 0.1) is 5.92 Å². The minimum absolute atomic E-state index is 0.124. The van der Waals surface area contributed by atoms with Crippen molar-refractivity contribution in [3.8, 4) is 0 Å². The maximum absolute atomic E-state index is 13.0. The molecule has 0 bridgehead atoms. The molecular formula is C18H17FN2O2. The summed E-state index contributed by atoms with van der Waals surface area (Å²) in [4.78, 5) is 26.0. The van der Waals surface area contributed by atoms with Crippen LogP contribution in [0.2, 0.25) is 0 Å². The van der Waals surface area contributed by atoms with E-state index in [-0.39, 0.29) is 24.1 Å². The molecule has 118 valence electrons. The number of nitrogens with zero attached hydrogens (tertiary/aromatic N) is 1. The first-order valence-corrected chi connectivity index (χ1v) is 7.46. The largest absolute Gasteiger partial charge is 0.326 e. The van der Waals surface area contributed by atoms with Crippen LogP contribution in [0.5, 0.6) is 0 Å². The predicted molar refractivity (Wildman–Crippen MR) is 86.7 cm³/mol. The van der Waals surface area contributed by atoms with E-state index < -0.39 is 5.92 Å². The van der Waals surface area contributed by atoms with E-state index in [2.05, 4.69) is 5.32 Å². The summed E-state index contributed by atoms with van der Waals surface area (Å²) in [5.74, 6) is -1.06. The van der Waals surface area contributed by atoms with Gasteiger partial charge in [0.15, 0.2) is 0 Å². The Morgan fingerprint density at radius 1 is 1.13 bits per heavy atom. The molecule has 3 rings (SSSR count). The van der Waals surface area contributed by atoms with E-state index in [4.69, 9.17) is 0 Å². The van der Waals surface area contributed by atoms with Crippen LogP contribution in [-0.2, 0) is 9.59 Å². The van der Waals surface area contributed by atoms with Crippen LogP contribution in [0.25, 0.3) is 0 Å². The molecule has 2 aromatic carbocycles. The quantitative estimate of drug-likeness (QED) is 0.946. The molecule has 1 aliphatic rings. The zero-order valence-electron chi connectivity index (χ0n) is 12.8. The number of nitrogens with one attached hydrogen (secondary N) is 1. The predicted octanol–water partition coefficient (Wildman–Crippen LogP) is 3.13. The lowest BCUT2D eigenvalue weighted by atomic mass is 10.1. The molecule has 0 unspecified atom stereocenters. The van der Waals surface area contributed by atoms with Crippen LogP contribution in [0.3, 0.4) is 0 Å². The fraction of sp³-hybridized carbons (Fsp3) is 0.222. The monoisotopic (exact) mass is 312 g/mol. The maximum Gasteiger partial charge on any atom is 0.229 e. The second-order valence-electron chi connectivity index (χ2n) is 5.74. The summed E-state index contributed by atoms with van der Waals surface area (Å²) in [6.45, 7) is 2.28. The molecule has 1 fully saturated rings. The molecule has 1 N–H and O–H groups in total. The highest BCUT2D eigenvalue weighted by Gasteiger charge is 2.35. The average molecular weight is 312 g/mol. The molecule has 2 aromatic rings. The van der Waals surface area contributed by atoms with Gasteiger partial charge in [-0.25, -0.2) is 4.39 Å². The first kappa shape index (κ1) is 15.2. The normalized spacial score (nSPS) is 17.4. The van der Waals surface area contributed by atoms with Crippen LogP contribution in [0.1, 0.15) is 12.0 Å². The third-order valence-corrected chi connectivity index (χ3v) is 3.95. The van der Waals surface area contributed by atoms with E-state index in [1.54, 1.807) is 12.1 Å². The molecule has 0 spiro atoms. The summed E-state index contributed by atoms with van der Waals surface area (Å²) in [5, 5.41) is 2.83. The molecule has 4 nitrogen and oxygen atoms in total. The Hall–Kier alpha value is -2.69. The minimum Gasteiger partial charge on any atom is -0.326 e. The number of carbonyl (C=O) groups is 2. The van der Waals surface area contributed by atoms with Gasteiger partial charge in [0.25, 0.3) is 0 Å². The van der Waals surface area contributed by atoms with Crippen LogP contribution in [-0.4, -0.2) is 18.4 Å². The van der Waals surface area contributed by atoms with Gasteiger partial charge in [-0.05, 0) is 43.3 Å². The van der Waals surface area contributed by atoms with Gasteiger partial charge in [-0.2, -0.15) is 0 Å². The Kier molecular flexibility index (Phi) is 4.10. The van der Waals surface area contributed by atoms with Crippen molar-refractivity contribution in [3.63, 3.8) is 0 Å². The van der Waals surface area contributed by atoms with Gasteiger partial charge in [-0.15, -0.1) is 0 Å². The van der Waals surface area contributed by atoms with Crippen molar-refractivity contribution < 1.29 is 14.0 Å². The summed E-state index contributed by atoms with van der Waals surface area (Å²) < 4.78 is 13.0. The van der Waals surface area contributed by atoms with E-state index in [0.717, 1.165) is 5.56 Å². The molecular weight excluding hydrogens is 295 g/mol. The highest BCUT2D eigenvalue weighted by Crippen LogP contribution is 2.26. The first-order chi connectivity index (χ1) is 11.0. The van der Waals surface area contributed by atoms with E-state index in [1.807, 2.05) is 31.2 Å². The van der Waals surface area contributed by atoms with Crippen LogP contribution >= 0.6 is 0 Å². The molecule has 0 aromatic heterocycles. The van der Waals surface area contributed by atoms with Crippen LogP contribution in [0.4, 0.5) is 15.8 Å². The number of anilines is 2. The summed E-state index contributed by atoms with van der Waals surface area (Å²) in [6.07, 6.45) is 0.162. The van der Waals surface area contributed by atoms with E-state index in [1.165, 1.54) is 17.0 Å². The average Bonchev–Trinajstić information content (AvgIpc) is 2.92. The lowest BCUT2D eigenvalue weighted by Crippen LogP contribution is -2.28. The van der Waals surface area contributed by atoms with Gasteiger partial charge in [0.1, 0.15) is 5.82 Å². The van der Waals surface area contributed by atoms with Crippen molar-refractivity contribution in [2.75, 3.05) is 16.8 Å². The number of rotatable bonds is 3. The maximum atomic E-state index is 13.0. The second-order valence-corrected chi connectivity index (χ2v) is 5.74. The number of carbonyl (C=O) groups excluding carboxylic acids is 2. The van der Waals surface area contributed by atoms with Crippen LogP contribution in [0, 0.1) is 18.7 Å². The molecule has 1 saturated heterocycles. The van der Waals surface area contributed by atoms with Gasteiger partial charge < -0.3 is 10.2 Å². The number of hydrogen-bond donors (Lipinski definition) is 1. The molecule has 5 heteroatoms. The summed E-state index contributed by atoms with van der Waals surface area (Å²) >= 11 is 0. The van der Waals surface area contributed by atoms with Crippen molar-refractivity contribution in [3.05, 3.63) is 59.9 Å². The Labute approximate surface area is 133 Å². The zero-order chi connectivity index (χ0) is 16.4. The topological polar surface area (TPSA) is 49.4 Å². The van der Waals surface area contributed by atoms with Gasteiger partial charge in [0, 0.05) is 24.3 Å². The van der Waals surface area contributed by atoms with Crippen molar-refractivity contribution in [2.24, 2.45) is 5.92 Å². The van der Waals surface area contributed by atoms with Gasteiger partial charge in [-0.1, -0.05) is 17.7 Å². The van der Waals surface area contributed by atoms with Gasteiger partial charge in [0.2, 0.25) is 11.8 Å². The molecule has 23 heavy (non-hydrogen) atoms. The molecule has 0 saturated carbocycles. The number of benzene rings is 2. The lowest BCUT2D eigenvalue weighted by molar-refractivity contribution is -0.122. The fourth-order valence-electron chi connectivity index (χ4n) is 2.63. The Balaban J connectivity index is 1.68. The van der Waals surface area contributed by atoms with Gasteiger partial charge >= 0.3 is 0 Å². The van der Waals surface area contributed by atoms with Crippen molar-refractivity contribution >= 4 is 23.2 Å². The minimum atomic E-state index is -0.408. The van der Waals surface area contributed by atoms with E-state index in [0.29, 0.717) is 17.9 Å². The van der Waals surface area contributed by atoms with E-state index >= 15 is 0 Å². The van der Waals surface area contributed by atoms with Crippen LogP contribution in [0.15, 0.2) is 48.5 Å². The number of aryl methyl sites for hydroxylation is 1. The Morgan fingerprint density at radius 3 is 2.43 bits per heavy atom. The third-order valence-electron chi connectivity index (χ3n) is 3.95. The summed E-state index contributed by atoms with van der Waals surface area (Å²) in [5.41, 5.74) is 2.44. The zero-order valence-corrected chi connectivity index (χ0v) is 12.8. The number of hydrogen-bond acceptors (Lipinski definition) is 2. The SMILES string of the molecule is Cc1ccc(NC(=O)[C@H]2CC(=O)N(c3ccc(F)cc3)C2)cc1. The number of amides is 2. The lowest BCUT2D eigenvalue weighted by Gasteiger charge is -2.16. The van der Waals surface area contributed by atoms with E-state index in [9.17, 15) is 14.0 Å². The molecule has 1 aliphatic heterocycles. The smallest absolute Gasteiger partial charge is 0.229 e. The van der Waals surface area contributed by atoms with Crippen LogP contribution < -0.4 is 10.2 Å². The Morgan fingerprint density at radius 2 is 1.78 bits per heavy atom. The third kappa shape index (κ3) is 3.39. The molecule has 2 amide bonds. The fourth-order valence-corrected chi connectivity index (χ4v) is 2.63. The molecule has 0 radical (unpaired) electrons. The van der Waals surface area contributed by atoms with Crippen molar-refractivity contribution in [1.29, 1.82) is 0 Å². The molecule has 1 atom stereocenters. The highest BCUT2D eigenvalue weighted by molar-refractivity contribution is 6.03.